The van der Waals surface area contributed by atoms with Crippen molar-refractivity contribution in [3.8, 4) is 11.4 Å². The molecule has 4 nitrogen and oxygen atoms in total. The third-order valence-electron chi connectivity index (χ3n) is 2.67. The van der Waals surface area contributed by atoms with E-state index < -0.39 is 0 Å². The fourth-order valence-corrected chi connectivity index (χ4v) is 1.95. The summed E-state index contributed by atoms with van der Waals surface area (Å²) in [4.78, 5) is 4.28. The first kappa shape index (κ1) is 9.72. The minimum absolute atomic E-state index is 0.208. The van der Waals surface area contributed by atoms with Crippen LogP contribution in [0.4, 0.5) is 5.95 Å². The number of hydrogen-bond donors (Lipinski definition) is 2. The first-order chi connectivity index (χ1) is 8.25. The van der Waals surface area contributed by atoms with Gasteiger partial charge in [-0.25, -0.2) is 4.98 Å². The van der Waals surface area contributed by atoms with Gasteiger partial charge in [0.1, 0.15) is 5.75 Å². The maximum Gasteiger partial charge on any atom is 0.205 e. The molecule has 0 aliphatic carbocycles. The number of hydrogen-bond acceptors (Lipinski definition) is 3. The zero-order chi connectivity index (χ0) is 11.8. The monoisotopic (exact) mass is 225 g/mol. The van der Waals surface area contributed by atoms with Crippen molar-refractivity contribution in [3.63, 3.8) is 0 Å². The number of nitrogen functional groups attached to an aromatic ring is 1. The van der Waals surface area contributed by atoms with Gasteiger partial charge in [-0.2, -0.15) is 0 Å². The summed E-state index contributed by atoms with van der Waals surface area (Å²) in [7, 11) is 0. The van der Waals surface area contributed by atoms with Crippen LogP contribution < -0.4 is 5.73 Å². The third-order valence-corrected chi connectivity index (χ3v) is 2.67. The summed E-state index contributed by atoms with van der Waals surface area (Å²) in [6.45, 7) is 0. The van der Waals surface area contributed by atoms with Crippen molar-refractivity contribution >= 4 is 17.0 Å². The molecule has 0 atom stereocenters. The molecule has 17 heavy (non-hydrogen) atoms. The molecule has 3 N–H and O–H groups in total. The molecule has 1 aromatic heterocycles. The number of imidazole rings is 1. The Kier molecular flexibility index (Phi) is 2.01. The van der Waals surface area contributed by atoms with E-state index in [2.05, 4.69) is 4.98 Å². The minimum Gasteiger partial charge on any atom is -0.508 e. The van der Waals surface area contributed by atoms with E-state index in [1.54, 1.807) is 18.2 Å². The molecule has 0 spiro atoms. The second kappa shape index (κ2) is 3.52. The predicted octanol–water partition coefficient (Wildman–Crippen LogP) is 2.31. The maximum atomic E-state index is 9.50. The number of nitrogens with zero attached hydrogens (tertiary/aromatic N) is 2. The Morgan fingerprint density at radius 3 is 2.71 bits per heavy atom. The van der Waals surface area contributed by atoms with Crippen molar-refractivity contribution in [3.05, 3.63) is 48.5 Å². The van der Waals surface area contributed by atoms with Gasteiger partial charge < -0.3 is 10.8 Å². The quantitative estimate of drug-likeness (QED) is 0.668. The summed E-state index contributed by atoms with van der Waals surface area (Å²) in [5.41, 5.74) is 8.48. The Labute approximate surface area is 97.9 Å². The summed E-state index contributed by atoms with van der Waals surface area (Å²) < 4.78 is 1.81. The van der Waals surface area contributed by atoms with Gasteiger partial charge in [-0.3, -0.25) is 4.57 Å². The molecule has 3 aromatic rings. The number of aromatic nitrogens is 2. The fourth-order valence-electron chi connectivity index (χ4n) is 1.95. The lowest BCUT2D eigenvalue weighted by Gasteiger charge is -2.06. The molecular weight excluding hydrogens is 214 g/mol. The number of aromatic hydroxyl groups is 1. The third kappa shape index (κ3) is 1.50. The molecule has 3 rings (SSSR count). The fraction of sp³-hybridized carbons (Fsp3) is 0. The molecule has 0 radical (unpaired) electrons. The molecule has 0 fully saturated rings. The van der Waals surface area contributed by atoms with Gasteiger partial charge >= 0.3 is 0 Å². The van der Waals surface area contributed by atoms with Crippen molar-refractivity contribution < 1.29 is 5.11 Å². The summed E-state index contributed by atoms with van der Waals surface area (Å²) in [6, 6.07) is 14.6. The molecule has 0 aliphatic rings. The first-order valence-electron chi connectivity index (χ1n) is 5.28. The van der Waals surface area contributed by atoms with Crippen molar-refractivity contribution in [2.45, 2.75) is 0 Å². The molecule has 0 aliphatic heterocycles. The number of fused-ring (bicyclic) bond motifs is 1. The van der Waals surface area contributed by atoms with Gasteiger partial charge in [0.2, 0.25) is 5.95 Å². The topological polar surface area (TPSA) is 64.1 Å². The Morgan fingerprint density at radius 2 is 1.88 bits per heavy atom. The Hall–Kier alpha value is -2.49. The van der Waals surface area contributed by atoms with Crippen LogP contribution in [0.25, 0.3) is 16.7 Å². The molecular formula is C13H11N3O. The van der Waals surface area contributed by atoms with E-state index in [0.29, 0.717) is 5.95 Å². The van der Waals surface area contributed by atoms with Crippen LogP contribution in [0.1, 0.15) is 0 Å². The molecule has 2 aromatic carbocycles. The van der Waals surface area contributed by atoms with Gasteiger partial charge in [0.25, 0.3) is 0 Å². The standard InChI is InChI=1S/C13H11N3O/c14-13-15-11-6-1-2-7-12(11)16(13)9-4-3-5-10(17)8-9/h1-8,17H,(H2,14,15). The van der Waals surface area contributed by atoms with Gasteiger partial charge in [-0.05, 0) is 24.3 Å². The number of nitrogens with two attached hydrogens (primary N) is 1. The van der Waals surface area contributed by atoms with Crippen LogP contribution in [0.5, 0.6) is 5.75 Å². The largest absolute Gasteiger partial charge is 0.508 e. The Morgan fingerprint density at radius 1 is 1.06 bits per heavy atom. The highest BCUT2D eigenvalue weighted by Crippen LogP contribution is 2.24. The number of anilines is 1. The van der Waals surface area contributed by atoms with E-state index >= 15 is 0 Å². The number of rotatable bonds is 1. The summed E-state index contributed by atoms with van der Waals surface area (Å²) in [5.74, 6) is 0.622. The zero-order valence-electron chi connectivity index (χ0n) is 9.04. The van der Waals surface area contributed by atoms with Crippen molar-refractivity contribution in [1.82, 2.24) is 9.55 Å². The predicted molar refractivity (Wildman–Crippen MR) is 67.1 cm³/mol. The molecule has 4 heteroatoms. The Bertz CT molecular complexity index is 688. The molecule has 0 unspecified atom stereocenters. The SMILES string of the molecule is Nc1nc2ccccc2n1-c1cccc(O)c1. The summed E-state index contributed by atoms with van der Waals surface area (Å²) in [5, 5.41) is 9.50. The molecule has 0 saturated carbocycles. The average molecular weight is 225 g/mol. The summed E-state index contributed by atoms with van der Waals surface area (Å²) >= 11 is 0. The van der Waals surface area contributed by atoms with E-state index in [9.17, 15) is 5.11 Å². The van der Waals surface area contributed by atoms with Gasteiger partial charge in [0.15, 0.2) is 0 Å². The first-order valence-corrected chi connectivity index (χ1v) is 5.28. The molecule has 0 amide bonds. The van der Waals surface area contributed by atoms with Crippen molar-refractivity contribution in [2.75, 3.05) is 5.73 Å². The number of benzene rings is 2. The van der Waals surface area contributed by atoms with Crippen LogP contribution >= 0.6 is 0 Å². The van der Waals surface area contributed by atoms with Gasteiger partial charge in [0, 0.05) is 6.07 Å². The second-order valence-electron chi connectivity index (χ2n) is 3.81. The van der Waals surface area contributed by atoms with Gasteiger partial charge in [-0.1, -0.05) is 18.2 Å². The van der Waals surface area contributed by atoms with E-state index in [1.165, 1.54) is 0 Å². The minimum atomic E-state index is 0.208. The lowest BCUT2D eigenvalue weighted by atomic mass is 10.2. The maximum absolute atomic E-state index is 9.50. The van der Waals surface area contributed by atoms with E-state index in [4.69, 9.17) is 5.73 Å². The van der Waals surface area contributed by atoms with E-state index in [0.717, 1.165) is 16.7 Å². The van der Waals surface area contributed by atoms with E-state index in [-0.39, 0.29) is 5.75 Å². The highest BCUT2D eigenvalue weighted by Gasteiger charge is 2.09. The van der Waals surface area contributed by atoms with Crippen LogP contribution in [0.3, 0.4) is 0 Å². The summed E-state index contributed by atoms with van der Waals surface area (Å²) in [6.07, 6.45) is 0. The average Bonchev–Trinajstić information content (AvgIpc) is 2.64. The van der Waals surface area contributed by atoms with Crippen LogP contribution in [0.2, 0.25) is 0 Å². The molecule has 0 saturated heterocycles. The molecule has 84 valence electrons. The number of phenols is 1. The van der Waals surface area contributed by atoms with E-state index in [1.807, 2.05) is 34.9 Å². The smallest absolute Gasteiger partial charge is 0.205 e. The van der Waals surface area contributed by atoms with Crippen LogP contribution in [-0.4, -0.2) is 14.7 Å². The van der Waals surface area contributed by atoms with Gasteiger partial charge in [-0.15, -0.1) is 0 Å². The lowest BCUT2D eigenvalue weighted by Crippen LogP contribution is -2.00. The van der Waals surface area contributed by atoms with Crippen molar-refractivity contribution in [2.24, 2.45) is 0 Å². The van der Waals surface area contributed by atoms with Crippen LogP contribution in [0, 0.1) is 0 Å². The highest BCUT2D eigenvalue weighted by molar-refractivity contribution is 5.80. The number of para-hydroxylation sites is 2. The highest BCUT2D eigenvalue weighted by atomic mass is 16.3. The molecule has 1 heterocycles. The van der Waals surface area contributed by atoms with Gasteiger partial charge in [0.05, 0.1) is 16.7 Å². The lowest BCUT2D eigenvalue weighted by molar-refractivity contribution is 0.475. The zero-order valence-corrected chi connectivity index (χ0v) is 9.04. The second-order valence-corrected chi connectivity index (χ2v) is 3.81. The normalized spacial score (nSPS) is 10.8. The molecule has 0 bridgehead atoms. The van der Waals surface area contributed by atoms with Crippen LogP contribution in [-0.2, 0) is 0 Å². The van der Waals surface area contributed by atoms with Crippen LogP contribution in [0.15, 0.2) is 48.5 Å². The Balaban J connectivity index is 2.33. The van der Waals surface area contributed by atoms with Crippen molar-refractivity contribution in [1.29, 1.82) is 0 Å². The number of phenolic OH excluding ortho intramolecular Hbond substituents is 1.